The van der Waals surface area contributed by atoms with E-state index >= 15 is 0 Å². The quantitative estimate of drug-likeness (QED) is 0.714. The number of benzene rings is 2. The largest absolute Gasteiger partial charge is 0.393 e. The van der Waals surface area contributed by atoms with Crippen molar-refractivity contribution in [2.24, 2.45) is 0 Å². The molecule has 0 amide bonds. The molecule has 0 aliphatic heterocycles. The summed E-state index contributed by atoms with van der Waals surface area (Å²) in [6.07, 6.45) is 1.38. The summed E-state index contributed by atoms with van der Waals surface area (Å²) in [6.45, 7) is 0. The normalized spacial score (nSPS) is 10.3. The van der Waals surface area contributed by atoms with Gasteiger partial charge in [0, 0.05) is 11.3 Å². The van der Waals surface area contributed by atoms with Crippen LogP contribution < -0.4 is 11.1 Å². The summed E-state index contributed by atoms with van der Waals surface area (Å²) >= 11 is 5.92. The van der Waals surface area contributed by atoms with E-state index in [-0.39, 0.29) is 5.15 Å². The molecule has 0 spiro atoms. The number of nitrogens with one attached hydrogen (secondary N) is 1. The van der Waals surface area contributed by atoms with E-state index in [1.54, 1.807) is 0 Å². The van der Waals surface area contributed by atoms with Crippen molar-refractivity contribution < 1.29 is 0 Å². The molecule has 21 heavy (non-hydrogen) atoms. The molecule has 4 nitrogen and oxygen atoms in total. The summed E-state index contributed by atoms with van der Waals surface area (Å²) in [4.78, 5) is 7.99. The fourth-order valence-electron chi connectivity index (χ4n) is 2.06. The van der Waals surface area contributed by atoms with Crippen LogP contribution in [-0.4, -0.2) is 9.97 Å². The van der Waals surface area contributed by atoms with Gasteiger partial charge >= 0.3 is 0 Å². The van der Waals surface area contributed by atoms with E-state index in [1.807, 2.05) is 42.5 Å². The lowest BCUT2D eigenvalue weighted by Crippen LogP contribution is -2.02. The van der Waals surface area contributed by atoms with Crippen molar-refractivity contribution in [3.63, 3.8) is 0 Å². The molecule has 0 unspecified atom stereocenters. The number of hydrogen-bond donors (Lipinski definition) is 2. The molecule has 0 saturated heterocycles. The topological polar surface area (TPSA) is 63.8 Å². The first-order valence-corrected chi connectivity index (χ1v) is 6.81. The van der Waals surface area contributed by atoms with Gasteiger partial charge in [-0.25, -0.2) is 9.97 Å². The van der Waals surface area contributed by atoms with Gasteiger partial charge in [-0.3, -0.25) is 0 Å². The molecule has 2 aromatic carbocycles. The number of nitrogens with two attached hydrogens (primary N) is 1. The smallest absolute Gasteiger partial charge is 0.158 e. The van der Waals surface area contributed by atoms with Crippen molar-refractivity contribution >= 4 is 28.8 Å². The number of para-hydroxylation sites is 1. The van der Waals surface area contributed by atoms with E-state index < -0.39 is 0 Å². The lowest BCUT2D eigenvalue weighted by molar-refractivity contribution is 1.17. The number of nitrogens with zero attached hydrogens (tertiary/aromatic N) is 2. The maximum Gasteiger partial charge on any atom is 0.158 e. The molecule has 3 aromatic rings. The highest BCUT2D eigenvalue weighted by Gasteiger charge is 2.09. The minimum atomic E-state index is 0.240. The summed E-state index contributed by atoms with van der Waals surface area (Å²) in [5, 5.41) is 3.46. The van der Waals surface area contributed by atoms with Crippen LogP contribution in [0.4, 0.5) is 17.2 Å². The Morgan fingerprint density at radius 1 is 0.905 bits per heavy atom. The molecule has 0 atom stereocenters. The van der Waals surface area contributed by atoms with E-state index in [2.05, 4.69) is 27.4 Å². The van der Waals surface area contributed by atoms with Gasteiger partial charge in [0.05, 0.1) is 0 Å². The van der Waals surface area contributed by atoms with Gasteiger partial charge in [-0.15, -0.1) is 0 Å². The van der Waals surface area contributed by atoms with Crippen LogP contribution in [0.2, 0.25) is 5.15 Å². The number of rotatable bonds is 3. The van der Waals surface area contributed by atoms with Crippen molar-refractivity contribution in [3.8, 4) is 11.1 Å². The van der Waals surface area contributed by atoms with E-state index in [9.17, 15) is 0 Å². The monoisotopic (exact) mass is 296 g/mol. The van der Waals surface area contributed by atoms with E-state index in [1.165, 1.54) is 6.33 Å². The van der Waals surface area contributed by atoms with Gasteiger partial charge in [-0.05, 0) is 11.6 Å². The van der Waals surface area contributed by atoms with Crippen molar-refractivity contribution in [3.05, 3.63) is 66.1 Å². The minimum Gasteiger partial charge on any atom is -0.393 e. The first-order valence-electron chi connectivity index (χ1n) is 6.43. The predicted molar refractivity (Wildman–Crippen MR) is 86.6 cm³/mol. The molecule has 0 fully saturated rings. The first-order chi connectivity index (χ1) is 10.3. The van der Waals surface area contributed by atoms with Crippen molar-refractivity contribution in [2.45, 2.75) is 0 Å². The van der Waals surface area contributed by atoms with Crippen LogP contribution >= 0.6 is 11.6 Å². The van der Waals surface area contributed by atoms with Gasteiger partial charge < -0.3 is 11.1 Å². The molecule has 0 aliphatic carbocycles. The average molecular weight is 297 g/mol. The molecule has 0 bridgehead atoms. The van der Waals surface area contributed by atoms with Crippen LogP contribution in [0.1, 0.15) is 0 Å². The number of anilines is 3. The Hall–Kier alpha value is -2.59. The highest BCUT2D eigenvalue weighted by atomic mass is 35.5. The Morgan fingerprint density at radius 2 is 1.62 bits per heavy atom. The summed E-state index contributed by atoms with van der Waals surface area (Å²) in [7, 11) is 0. The molecule has 3 N–H and O–H groups in total. The summed E-state index contributed by atoms with van der Waals surface area (Å²) < 4.78 is 0. The second-order valence-corrected chi connectivity index (χ2v) is 4.82. The predicted octanol–water partition coefficient (Wildman–Crippen LogP) is 4.12. The molecular formula is C16H13ClN4. The Morgan fingerprint density at radius 3 is 2.43 bits per heavy atom. The van der Waals surface area contributed by atoms with Gasteiger partial charge in [0.25, 0.3) is 0 Å². The molecular weight excluding hydrogens is 284 g/mol. The molecule has 1 aromatic heterocycles. The van der Waals surface area contributed by atoms with E-state index in [0.717, 1.165) is 16.8 Å². The highest BCUT2D eigenvalue weighted by molar-refractivity contribution is 6.32. The minimum absolute atomic E-state index is 0.240. The zero-order chi connectivity index (χ0) is 14.7. The van der Waals surface area contributed by atoms with Crippen LogP contribution in [0.15, 0.2) is 60.9 Å². The Labute approximate surface area is 127 Å². The third kappa shape index (κ3) is 2.80. The summed E-state index contributed by atoms with van der Waals surface area (Å²) in [6, 6.07) is 18.0. The van der Waals surface area contributed by atoms with Crippen molar-refractivity contribution in [1.82, 2.24) is 9.97 Å². The van der Waals surface area contributed by atoms with Crippen LogP contribution in [-0.2, 0) is 0 Å². The Bertz CT molecular complexity index is 759. The lowest BCUT2D eigenvalue weighted by atomic mass is 10.0. The summed E-state index contributed by atoms with van der Waals surface area (Å²) in [5.74, 6) is 0.499. The number of aromatic nitrogens is 2. The van der Waals surface area contributed by atoms with Gasteiger partial charge in [-0.2, -0.15) is 0 Å². The van der Waals surface area contributed by atoms with Crippen molar-refractivity contribution in [1.29, 1.82) is 0 Å². The van der Waals surface area contributed by atoms with Crippen LogP contribution in [0.25, 0.3) is 11.1 Å². The fourth-order valence-corrected chi connectivity index (χ4v) is 2.20. The van der Waals surface area contributed by atoms with Gasteiger partial charge in [0.15, 0.2) is 11.0 Å². The zero-order valence-electron chi connectivity index (χ0n) is 11.1. The van der Waals surface area contributed by atoms with Crippen LogP contribution in [0.5, 0.6) is 0 Å². The zero-order valence-corrected chi connectivity index (χ0v) is 11.9. The Kier molecular flexibility index (Phi) is 3.71. The highest BCUT2D eigenvalue weighted by Crippen LogP contribution is 2.32. The van der Waals surface area contributed by atoms with Gasteiger partial charge in [-0.1, -0.05) is 60.1 Å². The standard InChI is InChI=1S/C16H13ClN4/c17-15-14(18)16(20-10-19-15)21-13-9-5-4-8-12(13)11-6-2-1-3-7-11/h1-10H,18H2,(H,19,20,21). The maximum absolute atomic E-state index is 5.92. The second kappa shape index (κ2) is 5.81. The number of halogens is 1. The van der Waals surface area contributed by atoms with Crippen molar-refractivity contribution in [2.75, 3.05) is 11.1 Å². The summed E-state index contributed by atoms with van der Waals surface area (Å²) in [5.41, 5.74) is 9.32. The molecule has 5 heteroatoms. The third-order valence-electron chi connectivity index (χ3n) is 3.10. The number of hydrogen-bond acceptors (Lipinski definition) is 4. The molecule has 0 aliphatic rings. The SMILES string of the molecule is Nc1c(Cl)ncnc1Nc1ccccc1-c1ccccc1. The number of nitrogen functional groups attached to an aromatic ring is 1. The molecule has 1 heterocycles. The maximum atomic E-state index is 5.92. The van der Waals surface area contributed by atoms with Crippen LogP contribution in [0, 0.1) is 0 Å². The van der Waals surface area contributed by atoms with Gasteiger partial charge in [0.1, 0.15) is 12.0 Å². The van der Waals surface area contributed by atoms with E-state index in [0.29, 0.717) is 11.5 Å². The Balaban J connectivity index is 2.02. The van der Waals surface area contributed by atoms with Crippen LogP contribution in [0.3, 0.4) is 0 Å². The molecule has 3 rings (SSSR count). The third-order valence-corrected chi connectivity index (χ3v) is 3.40. The molecule has 0 radical (unpaired) electrons. The first kappa shape index (κ1) is 13.4. The van der Waals surface area contributed by atoms with E-state index in [4.69, 9.17) is 17.3 Å². The second-order valence-electron chi connectivity index (χ2n) is 4.46. The average Bonchev–Trinajstić information content (AvgIpc) is 2.53. The molecule has 104 valence electrons. The molecule has 0 saturated carbocycles. The lowest BCUT2D eigenvalue weighted by Gasteiger charge is -2.13. The fraction of sp³-hybridized carbons (Fsp3) is 0. The van der Waals surface area contributed by atoms with Gasteiger partial charge in [0.2, 0.25) is 0 Å².